The number of methoxy groups -OCH3 is 3. The number of carbonyl (C=O) groups excluding carboxylic acids is 2. The zero-order valence-corrected chi connectivity index (χ0v) is 16.7. The fraction of sp³-hybridized carbons (Fsp3) is 0.500. The molecule has 1 rings (SSSR count). The molecule has 7 nitrogen and oxygen atoms in total. The van der Waals surface area contributed by atoms with Crippen molar-refractivity contribution in [1.29, 1.82) is 0 Å². The summed E-state index contributed by atoms with van der Waals surface area (Å²) in [6, 6.07) is 2.87. The number of esters is 2. The summed E-state index contributed by atoms with van der Waals surface area (Å²) in [6.45, 7) is 0.583. The van der Waals surface area contributed by atoms with E-state index >= 15 is 0 Å². The van der Waals surface area contributed by atoms with E-state index in [-0.39, 0.29) is 43.0 Å². The van der Waals surface area contributed by atoms with Crippen LogP contribution in [0.15, 0.2) is 12.1 Å². The van der Waals surface area contributed by atoms with Crippen molar-refractivity contribution < 1.29 is 59.5 Å². The smallest absolute Gasteiger partial charge is 1.00 e. The molecule has 0 heterocycles. The second-order valence-corrected chi connectivity index (χ2v) is 4.77. The van der Waals surface area contributed by atoms with Gasteiger partial charge in [0.2, 0.25) is 5.75 Å². The summed E-state index contributed by atoms with van der Waals surface area (Å²) < 4.78 is 20.3. The van der Waals surface area contributed by atoms with Gasteiger partial charge in [0.25, 0.3) is 0 Å². The first kappa shape index (κ1) is 22.7. The van der Waals surface area contributed by atoms with Gasteiger partial charge in [-0.25, -0.2) is 4.79 Å². The third-order valence-corrected chi connectivity index (χ3v) is 3.19. The predicted molar refractivity (Wildman–Crippen MR) is 85.2 cm³/mol. The normalized spacial score (nSPS) is 9.67. The number of hydrogen-bond donors (Lipinski definition) is 1. The number of hydrogen-bond acceptors (Lipinski definition) is 7. The number of rotatable bonds is 9. The third-order valence-electron chi connectivity index (χ3n) is 3.19. The summed E-state index contributed by atoms with van der Waals surface area (Å²) in [6.07, 6.45) is 2.48. The Hall–Kier alpha value is -1.28. The number of unbranched alkanes of at least 4 members (excludes halogenated alkanes) is 2. The summed E-state index contributed by atoms with van der Waals surface area (Å²) in [5, 5.41) is 0. The average molecular weight is 349 g/mol. The van der Waals surface area contributed by atoms with Gasteiger partial charge in [0.1, 0.15) is 0 Å². The Balaban J connectivity index is 0. The van der Waals surface area contributed by atoms with Crippen molar-refractivity contribution in [3.63, 3.8) is 0 Å². The van der Waals surface area contributed by atoms with Crippen LogP contribution in [-0.2, 0) is 9.53 Å². The minimum absolute atomic E-state index is 0. The van der Waals surface area contributed by atoms with Crippen LogP contribution < -0.4 is 49.5 Å². The van der Waals surface area contributed by atoms with E-state index in [1.807, 2.05) is 0 Å². The number of benzene rings is 1. The molecule has 0 aromatic heterocycles. The Bertz CT molecular complexity index is 530. The quantitative estimate of drug-likeness (QED) is 0.265. The molecule has 8 heteroatoms. The Morgan fingerprint density at radius 3 is 2.04 bits per heavy atom. The van der Waals surface area contributed by atoms with Crippen LogP contribution in [0.4, 0.5) is 0 Å². The van der Waals surface area contributed by atoms with E-state index in [1.54, 1.807) is 0 Å². The standard InChI is InChI=1S/C16H23NO6.Na.H/c1-20-12-9-11(10-13(21-2)15(12)22-3)16(19)23-14(18)7-5-4-6-8-17;;/h9-10H,4-8,17H2,1-3H3;;/q;+1;-1. The molecule has 0 radical (unpaired) electrons. The van der Waals surface area contributed by atoms with Gasteiger partial charge < -0.3 is 26.1 Å². The molecule has 0 atom stereocenters. The molecule has 0 unspecified atom stereocenters. The summed E-state index contributed by atoms with van der Waals surface area (Å²) in [5.41, 5.74) is 5.52. The minimum Gasteiger partial charge on any atom is -1.00 e. The van der Waals surface area contributed by atoms with Gasteiger partial charge in [-0.05, 0) is 31.5 Å². The van der Waals surface area contributed by atoms with E-state index in [2.05, 4.69) is 0 Å². The first-order valence-corrected chi connectivity index (χ1v) is 7.32. The van der Waals surface area contributed by atoms with Crippen LogP contribution in [0, 0.1) is 0 Å². The molecular formula is C16H24NNaO6. The molecule has 0 amide bonds. The van der Waals surface area contributed by atoms with Crippen molar-refractivity contribution in [2.24, 2.45) is 5.73 Å². The predicted octanol–water partition coefficient (Wildman–Crippen LogP) is -0.969. The van der Waals surface area contributed by atoms with Gasteiger partial charge in [-0.3, -0.25) is 4.79 Å². The molecule has 0 saturated heterocycles. The molecule has 0 aliphatic heterocycles. The van der Waals surface area contributed by atoms with Gasteiger partial charge in [-0.15, -0.1) is 0 Å². The van der Waals surface area contributed by atoms with Gasteiger partial charge in [-0.1, -0.05) is 6.42 Å². The second-order valence-electron chi connectivity index (χ2n) is 4.77. The van der Waals surface area contributed by atoms with Crippen molar-refractivity contribution >= 4 is 11.9 Å². The molecule has 24 heavy (non-hydrogen) atoms. The van der Waals surface area contributed by atoms with E-state index in [1.165, 1.54) is 33.5 Å². The first-order chi connectivity index (χ1) is 11.1. The van der Waals surface area contributed by atoms with Crippen LogP contribution in [0.25, 0.3) is 0 Å². The fourth-order valence-corrected chi connectivity index (χ4v) is 2.00. The van der Waals surface area contributed by atoms with Crippen LogP contribution >= 0.6 is 0 Å². The average Bonchev–Trinajstić information content (AvgIpc) is 2.57. The Kier molecular flexibility index (Phi) is 11.5. The monoisotopic (exact) mass is 349 g/mol. The van der Waals surface area contributed by atoms with Crippen molar-refractivity contribution in [3.8, 4) is 17.2 Å². The second kappa shape index (κ2) is 12.1. The molecular weight excluding hydrogens is 325 g/mol. The van der Waals surface area contributed by atoms with Gasteiger partial charge in [0.15, 0.2) is 11.5 Å². The van der Waals surface area contributed by atoms with Crippen LogP contribution in [0.2, 0.25) is 0 Å². The molecule has 0 aliphatic carbocycles. The molecule has 0 bridgehead atoms. The van der Waals surface area contributed by atoms with Crippen LogP contribution in [0.5, 0.6) is 17.2 Å². The van der Waals surface area contributed by atoms with E-state index < -0.39 is 11.9 Å². The van der Waals surface area contributed by atoms with E-state index in [4.69, 9.17) is 24.7 Å². The molecule has 0 aliphatic rings. The third kappa shape index (κ3) is 6.68. The van der Waals surface area contributed by atoms with E-state index in [0.29, 0.717) is 30.2 Å². The van der Waals surface area contributed by atoms with Gasteiger partial charge in [-0.2, -0.15) is 0 Å². The molecule has 0 saturated carbocycles. The maximum Gasteiger partial charge on any atom is 1.00 e. The Labute approximate surface area is 165 Å². The van der Waals surface area contributed by atoms with Crippen LogP contribution in [-0.4, -0.2) is 39.8 Å². The van der Waals surface area contributed by atoms with Crippen molar-refractivity contribution in [1.82, 2.24) is 0 Å². The molecule has 2 N–H and O–H groups in total. The van der Waals surface area contributed by atoms with Gasteiger partial charge >= 0.3 is 41.5 Å². The van der Waals surface area contributed by atoms with Crippen molar-refractivity contribution in [3.05, 3.63) is 17.7 Å². The van der Waals surface area contributed by atoms with Gasteiger partial charge in [0.05, 0.1) is 26.9 Å². The zero-order chi connectivity index (χ0) is 17.2. The van der Waals surface area contributed by atoms with Crippen molar-refractivity contribution in [2.45, 2.75) is 25.7 Å². The van der Waals surface area contributed by atoms with Crippen LogP contribution in [0.1, 0.15) is 37.5 Å². The minimum atomic E-state index is -0.756. The number of ether oxygens (including phenoxy) is 4. The molecule has 1 aromatic carbocycles. The SMILES string of the molecule is COc1cc(C(=O)OC(=O)CCCCCN)cc(OC)c1OC.[H-].[Na+]. The van der Waals surface area contributed by atoms with Crippen molar-refractivity contribution in [2.75, 3.05) is 27.9 Å². The van der Waals surface area contributed by atoms with E-state index in [0.717, 1.165) is 12.8 Å². The number of nitrogens with two attached hydrogens (primary N) is 1. The maximum absolute atomic E-state index is 12.1. The number of carbonyl (C=O) groups is 2. The Morgan fingerprint density at radius 2 is 1.58 bits per heavy atom. The molecule has 1 aromatic rings. The topological polar surface area (TPSA) is 97.1 Å². The molecule has 0 spiro atoms. The molecule has 0 fully saturated rings. The Morgan fingerprint density at radius 1 is 1.00 bits per heavy atom. The summed E-state index contributed by atoms with van der Waals surface area (Å²) in [4.78, 5) is 23.7. The summed E-state index contributed by atoms with van der Waals surface area (Å²) in [5.74, 6) is -0.336. The summed E-state index contributed by atoms with van der Waals surface area (Å²) >= 11 is 0. The fourth-order valence-electron chi connectivity index (χ4n) is 2.00. The largest absolute Gasteiger partial charge is 1.00 e. The molecule has 130 valence electrons. The van der Waals surface area contributed by atoms with Gasteiger partial charge in [0, 0.05) is 6.42 Å². The van der Waals surface area contributed by atoms with Crippen LogP contribution in [0.3, 0.4) is 0 Å². The maximum atomic E-state index is 12.1. The first-order valence-electron chi connectivity index (χ1n) is 7.32. The van der Waals surface area contributed by atoms with E-state index in [9.17, 15) is 9.59 Å². The zero-order valence-electron chi connectivity index (χ0n) is 15.7. The summed E-state index contributed by atoms with van der Waals surface area (Å²) in [7, 11) is 4.34.